The van der Waals surface area contributed by atoms with Gasteiger partial charge in [0.15, 0.2) is 0 Å². The quantitative estimate of drug-likeness (QED) is 0.590. The average molecular weight is 289 g/mol. The Kier molecular flexibility index (Phi) is 7.43. The van der Waals surface area contributed by atoms with Crippen molar-refractivity contribution in [1.29, 1.82) is 0 Å². The molecule has 0 aliphatic carbocycles. The molecule has 106 valence electrons. The normalized spacial score (nSPS) is 10.5. The van der Waals surface area contributed by atoms with Gasteiger partial charge in [0.2, 0.25) is 0 Å². The first-order valence-corrected chi connectivity index (χ1v) is 6.95. The van der Waals surface area contributed by atoms with Gasteiger partial charge in [0.05, 0.1) is 12.0 Å². The Labute approximate surface area is 115 Å². The summed E-state index contributed by atoms with van der Waals surface area (Å²) in [6.45, 7) is 2.80. The van der Waals surface area contributed by atoms with Gasteiger partial charge in [0.25, 0.3) is 0 Å². The van der Waals surface area contributed by atoms with Crippen LogP contribution in [0.5, 0.6) is 0 Å². The van der Waals surface area contributed by atoms with E-state index < -0.39 is 11.6 Å². The van der Waals surface area contributed by atoms with Crippen molar-refractivity contribution < 1.29 is 17.8 Å². The lowest BCUT2D eigenvalue weighted by molar-refractivity contribution is -0.130. The van der Waals surface area contributed by atoms with E-state index in [1.165, 1.54) is 19.1 Å². The van der Waals surface area contributed by atoms with Crippen LogP contribution in [0.25, 0.3) is 0 Å². The maximum atomic E-state index is 13.3. The van der Waals surface area contributed by atoms with Crippen molar-refractivity contribution in [1.82, 2.24) is 5.32 Å². The summed E-state index contributed by atoms with van der Waals surface area (Å²) in [5.41, 5.74) is 0.525. The minimum absolute atomic E-state index is 0.309. The van der Waals surface area contributed by atoms with Gasteiger partial charge in [-0.2, -0.15) is 0 Å². The summed E-state index contributed by atoms with van der Waals surface area (Å²) in [6.07, 6.45) is 1.33. The van der Waals surface area contributed by atoms with Crippen LogP contribution in [0.3, 0.4) is 0 Å². The molecule has 0 fully saturated rings. The van der Waals surface area contributed by atoms with Crippen molar-refractivity contribution >= 4 is 18.0 Å². The van der Waals surface area contributed by atoms with E-state index in [0.717, 1.165) is 31.1 Å². The van der Waals surface area contributed by atoms with Gasteiger partial charge in [-0.3, -0.25) is 4.79 Å². The van der Waals surface area contributed by atoms with Crippen molar-refractivity contribution in [3.63, 3.8) is 0 Å². The molecule has 1 aromatic rings. The van der Waals surface area contributed by atoms with Crippen LogP contribution in [0.1, 0.15) is 18.9 Å². The Hall–Kier alpha value is -1.14. The number of benzene rings is 1. The molecule has 0 atom stereocenters. The molecule has 0 aliphatic rings. The van der Waals surface area contributed by atoms with E-state index in [1.54, 1.807) is 0 Å². The highest BCUT2D eigenvalue weighted by Crippen LogP contribution is 2.11. The number of aryl methyl sites for hydroxylation is 1. The van der Waals surface area contributed by atoms with Gasteiger partial charge in [-0.05, 0) is 31.0 Å². The van der Waals surface area contributed by atoms with Crippen molar-refractivity contribution in [3.05, 3.63) is 35.4 Å². The Morgan fingerprint density at radius 1 is 1.37 bits per heavy atom. The maximum absolute atomic E-state index is 13.3. The number of carbonyl (C=O) groups is 1. The summed E-state index contributed by atoms with van der Waals surface area (Å²) < 4.78 is 30.7. The van der Waals surface area contributed by atoms with Crippen LogP contribution in [0.15, 0.2) is 18.2 Å². The van der Waals surface area contributed by atoms with E-state index in [4.69, 9.17) is 4.18 Å². The second kappa shape index (κ2) is 8.87. The topological polar surface area (TPSA) is 38.3 Å². The molecule has 1 N–H and O–H groups in total. The third-order valence-corrected chi connectivity index (χ3v) is 3.08. The van der Waals surface area contributed by atoms with Crippen LogP contribution in [0.4, 0.5) is 8.78 Å². The molecule has 0 unspecified atom stereocenters. The van der Waals surface area contributed by atoms with Crippen LogP contribution in [0.2, 0.25) is 0 Å². The summed E-state index contributed by atoms with van der Waals surface area (Å²) in [5, 5.41) is 3.15. The van der Waals surface area contributed by atoms with E-state index in [-0.39, 0.29) is 5.97 Å². The van der Waals surface area contributed by atoms with Gasteiger partial charge in [-0.1, -0.05) is 6.07 Å². The zero-order valence-corrected chi connectivity index (χ0v) is 11.6. The first-order valence-electron chi connectivity index (χ1n) is 6.04. The minimum Gasteiger partial charge on any atom is -0.392 e. The lowest BCUT2D eigenvalue weighted by atomic mass is 10.1. The smallest absolute Gasteiger partial charge is 0.314 e. The highest BCUT2D eigenvalue weighted by molar-refractivity contribution is 7.95. The Balaban J connectivity index is 2.06. The summed E-state index contributed by atoms with van der Waals surface area (Å²) in [5.74, 6) is -0.686. The molecule has 0 amide bonds. The van der Waals surface area contributed by atoms with Crippen molar-refractivity contribution in [2.24, 2.45) is 0 Å². The highest BCUT2D eigenvalue weighted by atomic mass is 32.2. The largest absolute Gasteiger partial charge is 0.392 e. The molecule has 0 spiro atoms. The third-order valence-electron chi connectivity index (χ3n) is 2.35. The van der Waals surface area contributed by atoms with Crippen LogP contribution >= 0.6 is 12.0 Å². The van der Waals surface area contributed by atoms with Crippen molar-refractivity contribution in [2.75, 3.05) is 18.8 Å². The van der Waals surface area contributed by atoms with Gasteiger partial charge >= 0.3 is 5.97 Å². The molecule has 19 heavy (non-hydrogen) atoms. The maximum Gasteiger partial charge on any atom is 0.314 e. The van der Waals surface area contributed by atoms with Crippen molar-refractivity contribution in [2.45, 2.75) is 19.8 Å². The second-order valence-corrected chi connectivity index (χ2v) is 4.80. The van der Waals surface area contributed by atoms with Crippen LogP contribution < -0.4 is 5.32 Å². The number of carbonyl (C=O) groups excluding carboxylic acids is 1. The molecular weight excluding hydrogens is 272 g/mol. The molecule has 0 aliphatic heterocycles. The zero-order chi connectivity index (χ0) is 14.1. The molecule has 0 aromatic heterocycles. The van der Waals surface area contributed by atoms with Crippen LogP contribution in [-0.4, -0.2) is 24.8 Å². The fourth-order valence-corrected chi connectivity index (χ4v) is 1.97. The number of rotatable bonds is 8. The standard InChI is InChI=1S/C13H17F2NO2S/c1-10(17)18-19-8-7-16-6-2-3-11-4-5-12(14)9-13(11)15/h4-5,9,16H,2-3,6-8H2,1H3. The predicted octanol–water partition coefficient (Wildman–Crippen LogP) is 2.70. The monoisotopic (exact) mass is 289 g/mol. The van der Waals surface area contributed by atoms with Gasteiger partial charge < -0.3 is 9.50 Å². The molecule has 0 radical (unpaired) electrons. The van der Waals surface area contributed by atoms with Crippen molar-refractivity contribution in [3.8, 4) is 0 Å². The molecular formula is C13H17F2NO2S. The SMILES string of the molecule is CC(=O)OSCCNCCCc1ccc(F)cc1F. The van der Waals surface area contributed by atoms with Gasteiger partial charge in [-0.25, -0.2) is 8.78 Å². The molecule has 1 aromatic carbocycles. The lowest BCUT2D eigenvalue weighted by Crippen LogP contribution is -2.19. The molecule has 0 saturated carbocycles. The van der Waals surface area contributed by atoms with Crippen LogP contribution in [-0.2, 0) is 15.4 Å². The first-order chi connectivity index (χ1) is 9.09. The Morgan fingerprint density at radius 3 is 2.84 bits per heavy atom. The van der Waals surface area contributed by atoms with Crippen LogP contribution in [0, 0.1) is 11.6 Å². The average Bonchev–Trinajstić information content (AvgIpc) is 2.34. The fraction of sp³-hybridized carbons (Fsp3) is 0.462. The molecule has 0 saturated heterocycles. The molecule has 6 heteroatoms. The lowest BCUT2D eigenvalue weighted by Gasteiger charge is -2.05. The molecule has 3 nitrogen and oxygen atoms in total. The fourth-order valence-electron chi connectivity index (χ4n) is 1.49. The molecule has 0 bridgehead atoms. The van der Waals surface area contributed by atoms with Gasteiger partial charge in [0, 0.05) is 25.3 Å². The summed E-state index contributed by atoms with van der Waals surface area (Å²) in [7, 11) is 0. The second-order valence-electron chi connectivity index (χ2n) is 3.99. The molecule has 0 heterocycles. The number of hydrogen-bond donors (Lipinski definition) is 1. The summed E-state index contributed by atoms with van der Waals surface area (Å²) in [4.78, 5) is 10.5. The van der Waals surface area contributed by atoms with E-state index in [9.17, 15) is 13.6 Å². The van der Waals surface area contributed by atoms with Gasteiger partial charge in [0.1, 0.15) is 11.6 Å². The number of halogens is 2. The highest BCUT2D eigenvalue weighted by Gasteiger charge is 2.03. The number of nitrogens with one attached hydrogen (secondary N) is 1. The van der Waals surface area contributed by atoms with E-state index in [1.807, 2.05) is 0 Å². The Morgan fingerprint density at radius 2 is 2.16 bits per heavy atom. The van der Waals surface area contributed by atoms with E-state index in [2.05, 4.69) is 5.32 Å². The molecule has 1 rings (SSSR count). The minimum atomic E-state index is -0.554. The summed E-state index contributed by atoms with van der Waals surface area (Å²) >= 11 is 1.11. The Bertz CT molecular complexity index is 416. The number of hydrogen-bond acceptors (Lipinski definition) is 4. The summed E-state index contributed by atoms with van der Waals surface area (Å²) in [6, 6.07) is 3.64. The van der Waals surface area contributed by atoms with Gasteiger partial charge in [-0.15, -0.1) is 0 Å². The van der Waals surface area contributed by atoms with E-state index >= 15 is 0 Å². The van der Waals surface area contributed by atoms with E-state index in [0.29, 0.717) is 24.3 Å². The predicted molar refractivity (Wildman–Crippen MR) is 71.8 cm³/mol. The third kappa shape index (κ3) is 7.12. The zero-order valence-electron chi connectivity index (χ0n) is 10.7. The first kappa shape index (κ1) is 15.9.